The van der Waals surface area contributed by atoms with Crippen molar-refractivity contribution in [3.8, 4) is 5.75 Å². The Kier molecular flexibility index (Phi) is 6.61. The first-order valence-electron chi connectivity index (χ1n) is 6.20. The molecule has 0 heterocycles. The van der Waals surface area contributed by atoms with Crippen molar-refractivity contribution in [2.45, 2.75) is 31.3 Å². The van der Waals surface area contributed by atoms with Gasteiger partial charge in [0.15, 0.2) is 11.6 Å². The molecule has 0 amide bonds. The van der Waals surface area contributed by atoms with Gasteiger partial charge in [0.2, 0.25) is 0 Å². The molecular formula is C13H17F4NOS. The van der Waals surface area contributed by atoms with Gasteiger partial charge < -0.3 is 10.5 Å². The molecule has 0 saturated heterocycles. The highest BCUT2D eigenvalue weighted by molar-refractivity contribution is 8.00. The molecule has 20 heavy (non-hydrogen) atoms. The van der Waals surface area contributed by atoms with Crippen LogP contribution in [0.2, 0.25) is 0 Å². The summed E-state index contributed by atoms with van der Waals surface area (Å²) in [5.74, 6) is -0.862. The largest absolute Gasteiger partial charge is 0.489 e. The van der Waals surface area contributed by atoms with Crippen molar-refractivity contribution in [1.82, 2.24) is 0 Å². The van der Waals surface area contributed by atoms with E-state index in [4.69, 9.17) is 10.5 Å². The first-order chi connectivity index (χ1) is 9.33. The number of hydrogen-bond donors (Lipinski definition) is 1. The molecule has 0 fully saturated rings. The Bertz CT molecular complexity index is 425. The normalized spacial score (nSPS) is 13.3. The van der Waals surface area contributed by atoms with Gasteiger partial charge in [0, 0.05) is 11.8 Å². The highest BCUT2D eigenvalue weighted by Gasteiger charge is 2.27. The van der Waals surface area contributed by atoms with Crippen LogP contribution in [0.5, 0.6) is 5.75 Å². The molecule has 0 aliphatic heterocycles. The minimum absolute atomic E-state index is 0.000764. The number of alkyl halides is 3. The maximum Gasteiger partial charge on any atom is 0.441 e. The zero-order valence-corrected chi connectivity index (χ0v) is 11.9. The van der Waals surface area contributed by atoms with Crippen LogP contribution in [0.15, 0.2) is 18.2 Å². The van der Waals surface area contributed by atoms with Crippen LogP contribution in [0.3, 0.4) is 0 Å². The van der Waals surface area contributed by atoms with Crippen LogP contribution >= 0.6 is 11.8 Å². The maximum absolute atomic E-state index is 13.7. The van der Waals surface area contributed by atoms with Gasteiger partial charge in [0.25, 0.3) is 0 Å². The molecule has 1 aromatic rings. The van der Waals surface area contributed by atoms with E-state index in [1.54, 1.807) is 6.07 Å². The fourth-order valence-corrected chi connectivity index (χ4v) is 2.00. The highest BCUT2D eigenvalue weighted by atomic mass is 32.2. The van der Waals surface area contributed by atoms with Crippen LogP contribution in [0.4, 0.5) is 17.6 Å². The molecule has 2 nitrogen and oxygen atoms in total. The molecule has 1 atom stereocenters. The van der Waals surface area contributed by atoms with Crippen molar-refractivity contribution >= 4 is 11.8 Å². The number of halogens is 4. The smallest absolute Gasteiger partial charge is 0.441 e. The van der Waals surface area contributed by atoms with E-state index in [1.807, 2.05) is 6.92 Å². The zero-order chi connectivity index (χ0) is 15.2. The summed E-state index contributed by atoms with van der Waals surface area (Å²) in [6.07, 6.45) is 1.15. The van der Waals surface area contributed by atoms with Crippen molar-refractivity contribution in [1.29, 1.82) is 0 Å². The number of rotatable bonds is 7. The van der Waals surface area contributed by atoms with Gasteiger partial charge in [-0.3, -0.25) is 0 Å². The molecule has 1 aromatic carbocycles. The Morgan fingerprint density at radius 1 is 1.35 bits per heavy atom. The highest BCUT2D eigenvalue weighted by Crippen LogP contribution is 2.30. The van der Waals surface area contributed by atoms with Crippen molar-refractivity contribution < 1.29 is 22.3 Å². The number of nitrogens with two attached hydrogens (primary N) is 1. The fraction of sp³-hybridized carbons (Fsp3) is 0.538. The molecule has 0 bridgehead atoms. The van der Waals surface area contributed by atoms with Crippen LogP contribution in [-0.2, 0) is 6.42 Å². The van der Waals surface area contributed by atoms with E-state index in [0.29, 0.717) is 12.0 Å². The Labute approximate surface area is 119 Å². The van der Waals surface area contributed by atoms with E-state index in [1.165, 1.54) is 12.1 Å². The average molecular weight is 311 g/mol. The lowest BCUT2D eigenvalue weighted by Gasteiger charge is -2.15. The van der Waals surface area contributed by atoms with Crippen LogP contribution in [-0.4, -0.2) is 23.9 Å². The molecule has 0 radical (unpaired) electrons. The predicted molar refractivity (Wildman–Crippen MR) is 72.4 cm³/mol. The summed E-state index contributed by atoms with van der Waals surface area (Å²) in [4.78, 5) is 0. The van der Waals surface area contributed by atoms with Gasteiger partial charge in [-0.15, -0.1) is 0 Å². The molecule has 0 aliphatic rings. The SMILES string of the molecule is CCC(N)Cc1cccc(F)c1OCCSC(F)(F)F. The van der Waals surface area contributed by atoms with Crippen molar-refractivity contribution in [2.24, 2.45) is 5.73 Å². The first-order valence-corrected chi connectivity index (χ1v) is 7.18. The molecule has 2 N–H and O–H groups in total. The van der Waals surface area contributed by atoms with Crippen LogP contribution < -0.4 is 10.5 Å². The number of para-hydroxylation sites is 1. The predicted octanol–water partition coefficient (Wildman–Crippen LogP) is 3.74. The van der Waals surface area contributed by atoms with E-state index in [9.17, 15) is 17.6 Å². The lowest BCUT2D eigenvalue weighted by Crippen LogP contribution is -2.22. The molecule has 114 valence electrons. The van der Waals surface area contributed by atoms with E-state index >= 15 is 0 Å². The summed E-state index contributed by atoms with van der Waals surface area (Å²) in [5, 5.41) is 0. The number of benzene rings is 1. The molecule has 0 spiro atoms. The van der Waals surface area contributed by atoms with E-state index < -0.39 is 11.3 Å². The van der Waals surface area contributed by atoms with Crippen molar-refractivity contribution in [3.05, 3.63) is 29.6 Å². The minimum Gasteiger partial charge on any atom is -0.489 e. The summed E-state index contributed by atoms with van der Waals surface area (Å²) >= 11 is -0.189. The Morgan fingerprint density at radius 2 is 2.05 bits per heavy atom. The topological polar surface area (TPSA) is 35.2 Å². The summed E-state index contributed by atoms with van der Waals surface area (Å²) in [5.41, 5.74) is 2.09. The lowest BCUT2D eigenvalue weighted by atomic mass is 10.0. The van der Waals surface area contributed by atoms with Crippen molar-refractivity contribution in [2.75, 3.05) is 12.4 Å². The quantitative estimate of drug-likeness (QED) is 0.615. The Hall–Kier alpha value is -0.950. The summed E-state index contributed by atoms with van der Waals surface area (Å²) in [6.45, 7) is 1.70. The van der Waals surface area contributed by atoms with Gasteiger partial charge in [0.1, 0.15) is 0 Å². The second kappa shape index (κ2) is 7.73. The fourth-order valence-electron chi connectivity index (χ4n) is 1.60. The second-order valence-corrected chi connectivity index (χ2v) is 5.40. The number of thioether (sulfide) groups is 1. The van der Waals surface area contributed by atoms with Gasteiger partial charge in [0.05, 0.1) is 6.61 Å². The number of hydrogen-bond acceptors (Lipinski definition) is 3. The van der Waals surface area contributed by atoms with Crippen LogP contribution in [0, 0.1) is 5.82 Å². The third-order valence-corrected chi connectivity index (χ3v) is 3.35. The summed E-state index contributed by atoms with van der Waals surface area (Å²) in [6, 6.07) is 4.28. The van der Waals surface area contributed by atoms with Gasteiger partial charge in [-0.2, -0.15) is 13.2 Å². The summed E-state index contributed by atoms with van der Waals surface area (Å²) < 4.78 is 54.8. The van der Waals surface area contributed by atoms with Crippen LogP contribution in [0.25, 0.3) is 0 Å². The Balaban J connectivity index is 2.63. The van der Waals surface area contributed by atoms with Crippen molar-refractivity contribution in [3.63, 3.8) is 0 Å². The zero-order valence-electron chi connectivity index (χ0n) is 11.0. The Morgan fingerprint density at radius 3 is 2.65 bits per heavy atom. The number of ether oxygens (including phenoxy) is 1. The third kappa shape index (κ3) is 6.00. The van der Waals surface area contributed by atoms with E-state index in [2.05, 4.69) is 0 Å². The molecule has 0 aliphatic carbocycles. The lowest BCUT2D eigenvalue weighted by molar-refractivity contribution is -0.0329. The molecule has 7 heteroatoms. The second-order valence-electron chi connectivity index (χ2n) is 4.24. The third-order valence-electron chi connectivity index (χ3n) is 2.65. The van der Waals surface area contributed by atoms with Gasteiger partial charge in [-0.05, 0) is 36.2 Å². The standard InChI is InChI=1S/C13H17F4NOS/c1-2-10(18)8-9-4-3-5-11(14)12(9)19-6-7-20-13(15,16)17/h3-5,10H,2,6-8,18H2,1H3. The monoisotopic (exact) mass is 311 g/mol. The van der Waals surface area contributed by atoms with Crippen LogP contribution in [0.1, 0.15) is 18.9 Å². The van der Waals surface area contributed by atoms with Gasteiger partial charge in [-0.25, -0.2) is 4.39 Å². The van der Waals surface area contributed by atoms with Gasteiger partial charge in [-0.1, -0.05) is 19.1 Å². The maximum atomic E-state index is 13.7. The average Bonchev–Trinajstić information content (AvgIpc) is 2.35. The van der Waals surface area contributed by atoms with E-state index in [0.717, 1.165) is 6.42 Å². The molecule has 1 rings (SSSR count). The van der Waals surface area contributed by atoms with Gasteiger partial charge >= 0.3 is 5.51 Å². The first kappa shape index (κ1) is 17.1. The summed E-state index contributed by atoms with van der Waals surface area (Å²) in [7, 11) is 0. The van der Waals surface area contributed by atoms with E-state index in [-0.39, 0.29) is 35.9 Å². The molecule has 0 aromatic heterocycles. The molecule has 1 unspecified atom stereocenters. The molecule has 0 saturated carbocycles. The molecular weight excluding hydrogens is 294 g/mol. The minimum atomic E-state index is -4.30.